The largest absolute Gasteiger partial charge is 0.456 e. The van der Waals surface area contributed by atoms with Crippen molar-refractivity contribution in [2.45, 2.75) is 31.8 Å². The minimum Gasteiger partial charge on any atom is -0.456 e. The van der Waals surface area contributed by atoms with Crippen molar-refractivity contribution in [3.8, 4) is 0 Å². The second-order valence-corrected chi connectivity index (χ2v) is 7.07. The van der Waals surface area contributed by atoms with E-state index in [4.69, 9.17) is 4.42 Å². The molecule has 3 aromatic rings. The van der Waals surface area contributed by atoms with Gasteiger partial charge >= 0.3 is 0 Å². The van der Waals surface area contributed by atoms with E-state index in [1.54, 1.807) is 4.90 Å². The van der Waals surface area contributed by atoms with Crippen LogP contribution in [0.2, 0.25) is 0 Å². The summed E-state index contributed by atoms with van der Waals surface area (Å²) in [5.74, 6) is -0.204. The predicted molar refractivity (Wildman–Crippen MR) is 98.9 cm³/mol. The molecule has 0 saturated carbocycles. The van der Waals surface area contributed by atoms with Gasteiger partial charge in [0.05, 0.1) is 6.42 Å². The molecular formula is C21H21NO4. The maximum atomic E-state index is 12.6. The van der Waals surface area contributed by atoms with E-state index in [-0.39, 0.29) is 11.7 Å². The Hall–Kier alpha value is -2.66. The minimum absolute atomic E-state index is 0.0164. The lowest BCUT2D eigenvalue weighted by Gasteiger charge is -2.36. The van der Waals surface area contributed by atoms with Crippen LogP contribution < -0.4 is 0 Å². The van der Waals surface area contributed by atoms with Gasteiger partial charge in [-0.1, -0.05) is 24.3 Å². The summed E-state index contributed by atoms with van der Waals surface area (Å²) in [5, 5.41) is 12.3. The van der Waals surface area contributed by atoms with Crippen LogP contribution in [-0.2, 0) is 16.0 Å². The molecule has 0 aliphatic carbocycles. The Balaban J connectivity index is 1.51. The Morgan fingerprint density at radius 3 is 2.50 bits per heavy atom. The number of rotatable bonds is 3. The lowest BCUT2D eigenvalue weighted by atomic mass is 9.88. The second kappa shape index (κ2) is 6.25. The fourth-order valence-electron chi connectivity index (χ4n) is 3.65. The van der Waals surface area contributed by atoms with Gasteiger partial charge in [-0.3, -0.25) is 9.59 Å². The summed E-state index contributed by atoms with van der Waals surface area (Å²) in [6.45, 7) is 2.22. The fraction of sp³-hybridized carbons (Fsp3) is 0.333. The van der Waals surface area contributed by atoms with E-state index in [0.29, 0.717) is 32.4 Å². The molecule has 1 amide bonds. The molecule has 0 unspecified atom stereocenters. The Bertz CT molecular complexity index is 996. The monoisotopic (exact) mass is 351 g/mol. The number of aliphatic hydroxyl groups is 1. The summed E-state index contributed by atoms with van der Waals surface area (Å²) in [5.41, 5.74) is 1.31. The molecule has 5 nitrogen and oxygen atoms in total. The molecule has 2 heterocycles. The smallest absolute Gasteiger partial charge is 0.226 e. The average Bonchev–Trinajstić information content (AvgIpc) is 3.00. The molecule has 0 atom stereocenters. The van der Waals surface area contributed by atoms with Crippen molar-refractivity contribution >= 4 is 33.6 Å². The van der Waals surface area contributed by atoms with Crippen molar-refractivity contribution in [1.29, 1.82) is 0 Å². The molecule has 2 aromatic carbocycles. The van der Waals surface area contributed by atoms with Crippen molar-refractivity contribution in [3.63, 3.8) is 0 Å². The fourth-order valence-corrected chi connectivity index (χ4v) is 3.65. The van der Waals surface area contributed by atoms with E-state index in [2.05, 4.69) is 0 Å². The van der Waals surface area contributed by atoms with Gasteiger partial charge in [-0.15, -0.1) is 0 Å². The van der Waals surface area contributed by atoms with Gasteiger partial charge in [-0.25, -0.2) is 0 Å². The zero-order valence-corrected chi connectivity index (χ0v) is 14.7. The van der Waals surface area contributed by atoms with Gasteiger partial charge in [0.25, 0.3) is 0 Å². The van der Waals surface area contributed by atoms with Crippen LogP contribution in [0.15, 0.2) is 46.9 Å². The summed E-state index contributed by atoms with van der Waals surface area (Å²) < 4.78 is 5.82. The Kier molecular flexibility index (Phi) is 4.04. The van der Waals surface area contributed by atoms with Crippen LogP contribution in [0.25, 0.3) is 21.9 Å². The third-order valence-electron chi connectivity index (χ3n) is 5.40. The molecule has 26 heavy (non-hydrogen) atoms. The standard InChI is InChI=1S/C21H21NO4/c1-14(23)21(25)8-10-22(11-9-21)20(24)13-15-6-7-19-17(12-15)16-4-2-3-5-18(16)26-19/h2-7,12,25H,8-11,13H2,1H3. The van der Waals surface area contributed by atoms with Crippen LogP contribution in [0, 0.1) is 0 Å². The number of nitrogens with zero attached hydrogens (tertiary/aromatic N) is 1. The van der Waals surface area contributed by atoms with E-state index in [1.807, 2.05) is 42.5 Å². The number of fused-ring (bicyclic) bond motifs is 3. The highest BCUT2D eigenvalue weighted by molar-refractivity contribution is 6.05. The van der Waals surface area contributed by atoms with Gasteiger partial charge in [0, 0.05) is 36.7 Å². The summed E-state index contributed by atoms with van der Waals surface area (Å²) in [6.07, 6.45) is 0.910. The molecule has 0 radical (unpaired) electrons. The molecular weight excluding hydrogens is 330 g/mol. The van der Waals surface area contributed by atoms with Crippen LogP contribution in [0.1, 0.15) is 25.3 Å². The van der Waals surface area contributed by atoms with Crippen molar-refractivity contribution in [2.24, 2.45) is 0 Å². The Morgan fingerprint density at radius 2 is 1.77 bits per heavy atom. The third-order valence-corrected chi connectivity index (χ3v) is 5.40. The van der Waals surface area contributed by atoms with Crippen LogP contribution in [-0.4, -0.2) is 40.4 Å². The molecule has 5 heteroatoms. The number of amides is 1. The first-order valence-electron chi connectivity index (χ1n) is 8.88. The normalized spacial score (nSPS) is 16.9. The third kappa shape index (κ3) is 2.88. The number of hydrogen-bond acceptors (Lipinski definition) is 4. The average molecular weight is 351 g/mol. The van der Waals surface area contributed by atoms with Gasteiger partial charge in [-0.2, -0.15) is 0 Å². The summed E-state index contributed by atoms with van der Waals surface area (Å²) >= 11 is 0. The molecule has 1 aromatic heterocycles. The highest BCUT2D eigenvalue weighted by atomic mass is 16.3. The summed E-state index contributed by atoms with van der Waals surface area (Å²) in [6, 6.07) is 13.7. The summed E-state index contributed by atoms with van der Waals surface area (Å²) in [4.78, 5) is 25.9. The molecule has 0 spiro atoms. The molecule has 1 aliphatic heterocycles. The van der Waals surface area contributed by atoms with Crippen molar-refractivity contribution < 1.29 is 19.1 Å². The number of carbonyl (C=O) groups is 2. The predicted octanol–water partition coefficient (Wildman–Crippen LogP) is 3.07. The van der Waals surface area contributed by atoms with Crippen molar-refractivity contribution in [1.82, 2.24) is 4.90 Å². The molecule has 1 N–H and O–H groups in total. The maximum absolute atomic E-state index is 12.6. The molecule has 0 bridgehead atoms. The minimum atomic E-state index is -1.27. The number of para-hydroxylation sites is 1. The van der Waals surface area contributed by atoms with Gasteiger partial charge in [-0.05, 0) is 30.7 Å². The second-order valence-electron chi connectivity index (χ2n) is 7.07. The van der Waals surface area contributed by atoms with Crippen LogP contribution in [0.4, 0.5) is 0 Å². The van der Waals surface area contributed by atoms with E-state index in [0.717, 1.165) is 27.5 Å². The van der Waals surface area contributed by atoms with E-state index >= 15 is 0 Å². The molecule has 134 valence electrons. The number of benzene rings is 2. The van der Waals surface area contributed by atoms with E-state index < -0.39 is 5.60 Å². The number of Topliss-reactive ketones (excluding diaryl/α,β-unsaturated/α-hetero) is 1. The molecule has 1 fully saturated rings. The van der Waals surface area contributed by atoms with Gasteiger partial charge in [0.2, 0.25) is 5.91 Å². The van der Waals surface area contributed by atoms with Gasteiger partial charge in [0.1, 0.15) is 16.8 Å². The Morgan fingerprint density at radius 1 is 1.08 bits per heavy atom. The zero-order chi connectivity index (χ0) is 18.3. The van der Waals surface area contributed by atoms with Gasteiger partial charge < -0.3 is 14.4 Å². The first-order valence-corrected chi connectivity index (χ1v) is 8.88. The summed E-state index contributed by atoms with van der Waals surface area (Å²) in [7, 11) is 0. The highest BCUT2D eigenvalue weighted by Gasteiger charge is 2.37. The first-order chi connectivity index (χ1) is 12.5. The topological polar surface area (TPSA) is 70.8 Å². The highest BCUT2D eigenvalue weighted by Crippen LogP contribution is 2.29. The molecule has 1 saturated heterocycles. The number of ketones is 1. The lowest BCUT2D eigenvalue weighted by Crippen LogP contribution is -2.50. The Labute approximate surface area is 151 Å². The lowest BCUT2D eigenvalue weighted by molar-refractivity contribution is -0.145. The van der Waals surface area contributed by atoms with Crippen LogP contribution in [0.3, 0.4) is 0 Å². The molecule has 1 aliphatic rings. The number of carbonyl (C=O) groups excluding carboxylic acids is 2. The van der Waals surface area contributed by atoms with E-state index in [1.165, 1.54) is 6.92 Å². The van der Waals surface area contributed by atoms with Crippen LogP contribution >= 0.6 is 0 Å². The number of furan rings is 1. The first kappa shape index (κ1) is 16.8. The van der Waals surface area contributed by atoms with Crippen molar-refractivity contribution in [2.75, 3.05) is 13.1 Å². The van der Waals surface area contributed by atoms with Crippen LogP contribution in [0.5, 0.6) is 0 Å². The molecule has 4 rings (SSSR count). The maximum Gasteiger partial charge on any atom is 0.226 e. The number of likely N-dealkylation sites (tertiary alicyclic amines) is 1. The van der Waals surface area contributed by atoms with E-state index in [9.17, 15) is 14.7 Å². The number of hydrogen-bond donors (Lipinski definition) is 1. The SMILES string of the molecule is CC(=O)C1(O)CCN(C(=O)Cc2ccc3oc4ccccc4c3c2)CC1. The quantitative estimate of drug-likeness (QED) is 0.787. The van der Waals surface area contributed by atoms with Gasteiger partial charge in [0.15, 0.2) is 5.78 Å². The zero-order valence-electron chi connectivity index (χ0n) is 14.7. The van der Waals surface area contributed by atoms with Crippen molar-refractivity contribution in [3.05, 3.63) is 48.0 Å². The number of piperidine rings is 1.